The van der Waals surface area contributed by atoms with Crippen LogP contribution in [-0.4, -0.2) is 33.9 Å². The zero-order chi connectivity index (χ0) is 18.4. The van der Waals surface area contributed by atoms with Crippen molar-refractivity contribution in [3.05, 3.63) is 29.1 Å². The molecule has 1 fully saturated rings. The number of benzene rings is 1. The van der Waals surface area contributed by atoms with Crippen molar-refractivity contribution in [2.75, 3.05) is 11.5 Å². The lowest BCUT2D eigenvalue weighted by atomic mass is 9.95. The summed E-state index contributed by atoms with van der Waals surface area (Å²) < 4.78 is 3.18. The first-order valence-electron chi connectivity index (χ1n) is 9.20. The fourth-order valence-electron chi connectivity index (χ4n) is 3.30. The Balaban J connectivity index is 1.54. The SMILES string of the molecule is CCn1c(=NC(=O)CSCC(=O)NC2CCCCC2)sc2ccccc21. The molecule has 0 spiro atoms. The third-order valence-electron chi connectivity index (χ3n) is 4.55. The number of hydrogen-bond acceptors (Lipinski definition) is 4. The van der Waals surface area contributed by atoms with Gasteiger partial charge in [0.1, 0.15) is 0 Å². The van der Waals surface area contributed by atoms with Crippen LogP contribution in [0.25, 0.3) is 10.2 Å². The number of aromatic nitrogens is 1. The number of carbonyl (C=O) groups excluding carboxylic acids is 2. The van der Waals surface area contributed by atoms with Crippen LogP contribution in [0.3, 0.4) is 0 Å². The van der Waals surface area contributed by atoms with Crippen molar-refractivity contribution in [2.45, 2.75) is 51.6 Å². The van der Waals surface area contributed by atoms with Crippen molar-refractivity contribution in [3.63, 3.8) is 0 Å². The molecule has 1 saturated carbocycles. The number of aryl methyl sites for hydroxylation is 1. The highest BCUT2D eigenvalue weighted by molar-refractivity contribution is 8.00. The van der Waals surface area contributed by atoms with E-state index in [0.717, 1.165) is 34.4 Å². The summed E-state index contributed by atoms with van der Waals surface area (Å²) in [6.07, 6.45) is 5.82. The van der Waals surface area contributed by atoms with Gasteiger partial charge in [0.2, 0.25) is 5.91 Å². The smallest absolute Gasteiger partial charge is 0.258 e. The van der Waals surface area contributed by atoms with E-state index in [1.54, 1.807) is 0 Å². The summed E-state index contributed by atoms with van der Waals surface area (Å²) in [6.45, 7) is 2.82. The highest BCUT2D eigenvalue weighted by atomic mass is 32.2. The molecule has 0 saturated heterocycles. The van der Waals surface area contributed by atoms with Crippen LogP contribution in [0.2, 0.25) is 0 Å². The quantitative estimate of drug-likeness (QED) is 0.821. The van der Waals surface area contributed by atoms with Crippen LogP contribution in [0, 0.1) is 0 Å². The van der Waals surface area contributed by atoms with E-state index in [2.05, 4.69) is 14.9 Å². The summed E-state index contributed by atoms with van der Waals surface area (Å²) in [5, 5.41) is 3.07. The van der Waals surface area contributed by atoms with Crippen molar-refractivity contribution >= 4 is 45.1 Å². The molecule has 1 heterocycles. The standard InChI is InChI=1S/C19H25N3O2S2/c1-2-22-15-10-6-7-11-16(15)26-19(22)21-18(24)13-25-12-17(23)20-14-8-4-3-5-9-14/h6-7,10-11,14H,2-5,8-9,12-13H2,1H3,(H,20,23). The fourth-order valence-corrected chi connectivity index (χ4v) is 5.02. The molecule has 0 bridgehead atoms. The molecular weight excluding hydrogens is 366 g/mol. The van der Waals surface area contributed by atoms with Gasteiger partial charge in [0.25, 0.3) is 5.91 Å². The lowest BCUT2D eigenvalue weighted by Gasteiger charge is -2.22. The molecule has 1 aliphatic carbocycles. The van der Waals surface area contributed by atoms with E-state index in [9.17, 15) is 9.59 Å². The average molecular weight is 392 g/mol. The average Bonchev–Trinajstić information content (AvgIpc) is 2.99. The number of nitrogens with zero attached hydrogens (tertiary/aromatic N) is 2. The van der Waals surface area contributed by atoms with Crippen LogP contribution in [0.15, 0.2) is 29.3 Å². The number of nitrogens with one attached hydrogen (secondary N) is 1. The molecule has 1 N–H and O–H groups in total. The summed E-state index contributed by atoms with van der Waals surface area (Å²) >= 11 is 2.86. The first-order chi connectivity index (χ1) is 12.7. The van der Waals surface area contributed by atoms with E-state index in [1.807, 2.05) is 31.2 Å². The molecule has 1 aromatic heterocycles. The molecule has 0 atom stereocenters. The van der Waals surface area contributed by atoms with E-state index in [1.165, 1.54) is 42.4 Å². The maximum absolute atomic E-state index is 12.2. The van der Waals surface area contributed by atoms with E-state index < -0.39 is 0 Å². The molecular formula is C19H25N3O2S2. The highest BCUT2D eigenvalue weighted by Crippen LogP contribution is 2.18. The normalized spacial score (nSPS) is 16.1. The van der Waals surface area contributed by atoms with Gasteiger partial charge in [0.15, 0.2) is 4.80 Å². The minimum Gasteiger partial charge on any atom is -0.353 e. The van der Waals surface area contributed by atoms with Crippen LogP contribution < -0.4 is 10.1 Å². The number of thioether (sulfide) groups is 1. The number of carbonyl (C=O) groups is 2. The van der Waals surface area contributed by atoms with Crippen LogP contribution in [0.4, 0.5) is 0 Å². The molecule has 5 nitrogen and oxygen atoms in total. The predicted octanol–water partition coefficient (Wildman–Crippen LogP) is 3.33. The number of fused-ring (bicyclic) bond motifs is 1. The minimum absolute atomic E-state index is 0.0279. The largest absolute Gasteiger partial charge is 0.353 e. The molecule has 2 aromatic rings. The second-order valence-corrected chi connectivity index (χ2v) is 8.49. The maximum Gasteiger partial charge on any atom is 0.258 e. The second-order valence-electron chi connectivity index (χ2n) is 6.50. The van der Waals surface area contributed by atoms with Gasteiger partial charge in [-0.25, -0.2) is 0 Å². The van der Waals surface area contributed by atoms with Crippen LogP contribution >= 0.6 is 23.1 Å². The molecule has 26 heavy (non-hydrogen) atoms. The fraction of sp³-hybridized carbons (Fsp3) is 0.526. The number of para-hydroxylation sites is 1. The Hall–Kier alpha value is -1.60. The van der Waals surface area contributed by atoms with Gasteiger partial charge in [-0.15, -0.1) is 11.8 Å². The van der Waals surface area contributed by atoms with Crippen LogP contribution in [0.5, 0.6) is 0 Å². The van der Waals surface area contributed by atoms with Crippen LogP contribution in [-0.2, 0) is 16.1 Å². The van der Waals surface area contributed by atoms with Crippen molar-refractivity contribution < 1.29 is 9.59 Å². The highest BCUT2D eigenvalue weighted by Gasteiger charge is 2.15. The van der Waals surface area contributed by atoms with Crippen molar-refractivity contribution in [1.29, 1.82) is 0 Å². The Morgan fingerprint density at radius 2 is 2.00 bits per heavy atom. The Morgan fingerprint density at radius 3 is 2.77 bits per heavy atom. The zero-order valence-electron chi connectivity index (χ0n) is 15.1. The minimum atomic E-state index is -0.186. The van der Waals surface area contributed by atoms with Gasteiger partial charge in [0, 0.05) is 12.6 Å². The van der Waals surface area contributed by atoms with Crippen LogP contribution in [0.1, 0.15) is 39.0 Å². The summed E-state index contributed by atoms with van der Waals surface area (Å²) in [7, 11) is 0. The summed E-state index contributed by atoms with van der Waals surface area (Å²) in [5.74, 6) is 0.392. The third kappa shape index (κ3) is 4.98. The molecule has 3 rings (SSSR count). The Morgan fingerprint density at radius 1 is 1.23 bits per heavy atom. The number of amides is 2. The van der Waals surface area contributed by atoms with Crippen molar-refractivity contribution in [2.24, 2.45) is 4.99 Å². The molecule has 7 heteroatoms. The van der Waals surface area contributed by atoms with E-state index in [0.29, 0.717) is 11.8 Å². The van der Waals surface area contributed by atoms with E-state index in [-0.39, 0.29) is 17.6 Å². The lowest BCUT2D eigenvalue weighted by Crippen LogP contribution is -2.37. The van der Waals surface area contributed by atoms with Gasteiger partial charge in [-0.2, -0.15) is 4.99 Å². The molecule has 0 unspecified atom stereocenters. The second kappa shape index (κ2) is 9.37. The molecule has 1 aliphatic rings. The van der Waals surface area contributed by atoms with Gasteiger partial charge < -0.3 is 9.88 Å². The first kappa shape index (κ1) is 19.2. The molecule has 0 aliphatic heterocycles. The van der Waals surface area contributed by atoms with Crippen molar-refractivity contribution in [3.8, 4) is 0 Å². The lowest BCUT2D eigenvalue weighted by molar-refractivity contribution is -0.119. The van der Waals surface area contributed by atoms with Gasteiger partial charge in [-0.3, -0.25) is 9.59 Å². The monoisotopic (exact) mass is 391 g/mol. The topological polar surface area (TPSA) is 63.5 Å². The third-order valence-corrected chi connectivity index (χ3v) is 6.53. The van der Waals surface area contributed by atoms with Gasteiger partial charge in [-0.1, -0.05) is 42.7 Å². The summed E-state index contributed by atoms with van der Waals surface area (Å²) in [4.78, 5) is 29.2. The molecule has 0 radical (unpaired) electrons. The Labute approximate surface area is 161 Å². The first-order valence-corrected chi connectivity index (χ1v) is 11.2. The van der Waals surface area contributed by atoms with Crippen molar-refractivity contribution in [1.82, 2.24) is 9.88 Å². The Kier molecular flexibility index (Phi) is 6.91. The molecule has 2 amide bonds. The summed E-state index contributed by atoms with van der Waals surface area (Å²) in [6, 6.07) is 8.39. The summed E-state index contributed by atoms with van der Waals surface area (Å²) in [5.41, 5.74) is 1.10. The van der Waals surface area contributed by atoms with Gasteiger partial charge in [0.05, 0.1) is 21.7 Å². The maximum atomic E-state index is 12.2. The number of hydrogen-bond donors (Lipinski definition) is 1. The molecule has 140 valence electrons. The van der Waals surface area contributed by atoms with E-state index in [4.69, 9.17) is 0 Å². The predicted molar refractivity (Wildman–Crippen MR) is 108 cm³/mol. The van der Waals surface area contributed by atoms with Gasteiger partial charge >= 0.3 is 0 Å². The number of thiazole rings is 1. The molecule has 1 aromatic carbocycles. The van der Waals surface area contributed by atoms with E-state index >= 15 is 0 Å². The van der Waals surface area contributed by atoms with Gasteiger partial charge in [-0.05, 0) is 31.9 Å². The Bertz CT molecular complexity index is 835. The number of rotatable bonds is 6. The zero-order valence-corrected chi connectivity index (χ0v) is 16.7.